The van der Waals surface area contributed by atoms with Gasteiger partial charge in [-0.1, -0.05) is 18.2 Å². The summed E-state index contributed by atoms with van der Waals surface area (Å²) in [5.41, 5.74) is 5.06. The van der Waals surface area contributed by atoms with Crippen molar-refractivity contribution in [3.63, 3.8) is 0 Å². The zero-order chi connectivity index (χ0) is 23.6. The molecule has 1 aliphatic heterocycles. The van der Waals surface area contributed by atoms with E-state index >= 15 is 4.39 Å². The third-order valence-corrected chi connectivity index (χ3v) is 7.41. The van der Waals surface area contributed by atoms with Crippen LogP contribution in [0.4, 0.5) is 10.1 Å². The first-order valence-electron chi connectivity index (χ1n) is 11.9. The molecule has 35 heavy (non-hydrogen) atoms. The Kier molecular flexibility index (Phi) is 4.30. The highest BCUT2D eigenvalue weighted by Crippen LogP contribution is 2.53. The van der Waals surface area contributed by atoms with Gasteiger partial charge in [0, 0.05) is 47.9 Å². The second-order valence-electron chi connectivity index (χ2n) is 9.46. The number of aromatic nitrogens is 4. The van der Waals surface area contributed by atoms with E-state index in [1.165, 1.54) is 16.5 Å². The first-order chi connectivity index (χ1) is 17.1. The number of amides is 1. The highest BCUT2D eigenvalue weighted by molar-refractivity contribution is 5.95. The van der Waals surface area contributed by atoms with E-state index in [4.69, 9.17) is 0 Å². The summed E-state index contributed by atoms with van der Waals surface area (Å²) < 4.78 is 17.0. The molecule has 4 heterocycles. The number of carbonyl (C=O) groups is 1. The van der Waals surface area contributed by atoms with Gasteiger partial charge in [0.2, 0.25) is 11.7 Å². The van der Waals surface area contributed by atoms with Crippen LogP contribution in [0, 0.1) is 5.82 Å². The Morgan fingerprint density at radius 1 is 0.943 bits per heavy atom. The van der Waals surface area contributed by atoms with E-state index in [1.54, 1.807) is 12.3 Å². The molecule has 7 heteroatoms. The Hall–Kier alpha value is -4.13. The van der Waals surface area contributed by atoms with Crippen molar-refractivity contribution >= 4 is 28.3 Å². The molecule has 1 aliphatic carbocycles. The van der Waals surface area contributed by atoms with Crippen LogP contribution in [0.3, 0.4) is 0 Å². The lowest BCUT2D eigenvalue weighted by molar-refractivity contribution is -0.117. The Morgan fingerprint density at radius 3 is 2.63 bits per heavy atom. The van der Waals surface area contributed by atoms with Gasteiger partial charge in [-0.25, -0.2) is 14.4 Å². The highest BCUT2D eigenvalue weighted by atomic mass is 19.1. The lowest BCUT2D eigenvalue weighted by Gasteiger charge is -2.18. The van der Waals surface area contributed by atoms with E-state index < -0.39 is 5.82 Å². The first kappa shape index (κ1) is 20.3. The van der Waals surface area contributed by atoms with Gasteiger partial charge in [0.05, 0.1) is 23.1 Å². The molecular weight excluding hydrogens is 441 g/mol. The van der Waals surface area contributed by atoms with Crippen LogP contribution in [0.25, 0.3) is 27.8 Å². The van der Waals surface area contributed by atoms with Crippen molar-refractivity contribution in [2.24, 2.45) is 0 Å². The molecule has 2 aliphatic rings. The maximum absolute atomic E-state index is 15.0. The number of pyridine rings is 1. The minimum absolute atomic E-state index is 0.0259. The quantitative estimate of drug-likeness (QED) is 0.363. The smallest absolute Gasteiger partial charge is 0.233 e. The Bertz CT molecular complexity index is 1640. The van der Waals surface area contributed by atoms with Crippen LogP contribution in [0.2, 0.25) is 0 Å². The SMILES string of the molecule is O=C1CCCN1c1ccc(-c2cnc3ncc(C4(c5ccc6ncccc6c5)CC4)n3c2)cc1F. The van der Waals surface area contributed by atoms with Gasteiger partial charge in [0.15, 0.2) is 0 Å². The van der Waals surface area contributed by atoms with Gasteiger partial charge < -0.3 is 4.90 Å². The molecule has 2 fully saturated rings. The summed E-state index contributed by atoms with van der Waals surface area (Å²) in [4.78, 5) is 27.2. The van der Waals surface area contributed by atoms with Crippen LogP contribution in [0.5, 0.6) is 0 Å². The van der Waals surface area contributed by atoms with Crippen LogP contribution in [0.15, 0.2) is 73.3 Å². The van der Waals surface area contributed by atoms with Crippen molar-refractivity contribution < 1.29 is 9.18 Å². The number of hydrogen-bond donors (Lipinski definition) is 0. The monoisotopic (exact) mass is 463 g/mol. The van der Waals surface area contributed by atoms with Crippen molar-refractivity contribution in [1.29, 1.82) is 0 Å². The third-order valence-electron chi connectivity index (χ3n) is 7.41. The van der Waals surface area contributed by atoms with E-state index in [0.717, 1.165) is 41.4 Å². The number of hydrogen-bond acceptors (Lipinski definition) is 4. The zero-order valence-corrected chi connectivity index (χ0v) is 19.0. The van der Waals surface area contributed by atoms with Crippen molar-refractivity contribution in [2.45, 2.75) is 31.1 Å². The molecule has 3 aromatic heterocycles. The second kappa shape index (κ2) is 7.43. The normalized spacial score (nSPS) is 16.9. The van der Waals surface area contributed by atoms with E-state index in [2.05, 4.69) is 39.2 Å². The van der Waals surface area contributed by atoms with Gasteiger partial charge in [-0.3, -0.25) is 14.2 Å². The summed E-state index contributed by atoms with van der Waals surface area (Å²) in [6, 6.07) is 15.5. The number of nitrogens with zero attached hydrogens (tertiary/aromatic N) is 5. The van der Waals surface area contributed by atoms with Gasteiger partial charge in [-0.2, -0.15) is 0 Å². The highest BCUT2D eigenvalue weighted by Gasteiger charge is 2.48. The maximum Gasteiger partial charge on any atom is 0.233 e. The van der Waals surface area contributed by atoms with Crippen LogP contribution < -0.4 is 4.90 Å². The Morgan fingerprint density at radius 2 is 1.83 bits per heavy atom. The van der Waals surface area contributed by atoms with Crippen LogP contribution in [-0.2, 0) is 10.2 Å². The standard InChI is InChI=1S/C28H22FN5O/c29-22-14-18(5-8-24(22)33-12-2-4-26(33)35)20-15-31-27-32-16-25(34(27)17-20)28(9-10-28)21-6-7-23-19(13-21)3-1-11-30-23/h1,3,5-8,11,13-17H,2,4,9-10,12H2. The van der Waals surface area contributed by atoms with Crippen LogP contribution in [0.1, 0.15) is 36.9 Å². The van der Waals surface area contributed by atoms with E-state index in [0.29, 0.717) is 30.0 Å². The molecule has 5 aromatic rings. The average molecular weight is 464 g/mol. The van der Waals surface area contributed by atoms with Crippen molar-refractivity contribution in [2.75, 3.05) is 11.4 Å². The number of imidazole rings is 1. The topological polar surface area (TPSA) is 63.4 Å². The van der Waals surface area contributed by atoms with Gasteiger partial charge >= 0.3 is 0 Å². The summed E-state index contributed by atoms with van der Waals surface area (Å²) >= 11 is 0. The zero-order valence-electron chi connectivity index (χ0n) is 19.0. The second-order valence-corrected chi connectivity index (χ2v) is 9.46. The minimum atomic E-state index is -0.396. The summed E-state index contributed by atoms with van der Waals surface area (Å²) in [6.45, 7) is 0.563. The molecule has 6 nitrogen and oxygen atoms in total. The number of benzene rings is 2. The molecule has 1 saturated carbocycles. The average Bonchev–Trinajstić information content (AvgIpc) is 3.40. The molecule has 0 N–H and O–H groups in total. The number of fused-ring (bicyclic) bond motifs is 2. The van der Waals surface area contributed by atoms with Gasteiger partial charge in [-0.15, -0.1) is 0 Å². The number of rotatable bonds is 4. The summed E-state index contributed by atoms with van der Waals surface area (Å²) in [5, 5.41) is 1.12. The lowest BCUT2D eigenvalue weighted by atomic mass is 9.91. The fourth-order valence-corrected chi connectivity index (χ4v) is 5.38. The van der Waals surface area contributed by atoms with Gasteiger partial charge in [-0.05, 0) is 60.7 Å². The summed E-state index contributed by atoms with van der Waals surface area (Å²) in [6.07, 6.45) is 10.7. The van der Waals surface area contributed by atoms with E-state index in [-0.39, 0.29) is 11.3 Å². The lowest BCUT2D eigenvalue weighted by Crippen LogP contribution is -2.24. The third kappa shape index (κ3) is 3.15. The molecule has 0 unspecified atom stereocenters. The molecule has 7 rings (SSSR count). The molecule has 0 bridgehead atoms. The fraction of sp³-hybridized carbons (Fsp3) is 0.214. The number of carbonyl (C=O) groups excluding carboxylic acids is 1. The first-order valence-corrected chi connectivity index (χ1v) is 11.9. The summed E-state index contributed by atoms with van der Waals surface area (Å²) in [7, 11) is 0. The molecule has 1 amide bonds. The van der Waals surface area contributed by atoms with Crippen LogP contribution in [-0.4, -0.2) is 31.8 Å². The minimum Gasteiger partial charge on any atom is -0.310 e. The number of anilines is 1. The van der Waals surface area contributed by atoms with Crippen molar-refractivity contribution in [1.82, 2.24) is 19.4 Å². The molecular formula is C28H22FN5O. The largest absolute Gasteiger partial charge is 0.310 e. The summed E-state index contributed by atoms with van der Waals surface area (Å²) in [5.74, 6) is 0.200. The number of halogens is 1. The van der Waals surface area contributed by atoms with Crippen LogP contribution >= 0.6 is 0 Å². The fourth-order valence-electron chi connectivity index (χ4n) is 5.38. The van der Waals surface area contributed by atoms with E-state index in [1.807, 2.05) is 35.1 Å². The molecule has 172 valence electrons. The van der Waals surface area contributed by atoms with E-state index in [9.17, 15) is 4.79 Å². The van der Waals surface area contributed by atoms with Gasteiger partial charge in [0.1, 0.15) is 5.82 Å². The molecule has 2 aromatic carbocycles. The predicted molar refractivity (Wildman–Crippen MR) is 132 cm³/mol. The molecule has 0 atom stereocenters. The maximum atomic E-state index is 15.0. The van der Waals surface area contributed by atoms with Crippen molar-refractivity contribution in [3.8, 4) is 11.1 Å². The molecule has 0 spiro atoms. The Labute approximate surface area is 201 Å². The molecule has 0 radical (unpaired) electrons. The van der Waals surface area contributed by atoms with Crippen molar-refractivity contribution in [3.05, 3.63) is 90.4 Å². The molecule has 1 saturated heterocycles. The predicted octanol–water partition coefficient (Wildman–Crippen LogP) is 5.29. The Balaban J connectivity index is 1.29. The van der Waals surface area contributed by atoms with Gasteiger partial charge in [0.25, 0.3) is 0 Å².